The van der Waals surface area contributed by atoms with Gasteiger partial charge in [0, 0.05) is 13.1 Å². The molecule has 0 spiro atoms. The Kier molecular flexibility index (Phi) is 7.42. The number of hydrogen-bond acceptors (Lipinski definition) is 3. The summed E-state index contributed by atoms with van der Waals surface area (Å²) >= 11 is 0. The summed E-state index contributed by atoms with van der Waals surface area (Å²) in [5, 5.41) is 22.3. The molecule has 0 fully saturated rings. The van der Waals surface area contributed by atoms with Crippen molar-refractivity contribution >= 4 is 0 Å². The van der Waals surface area contributed by atoms with E-state index in [9.17, 15) is 5.11 Å². The lowest BCUT2D eigenvalue weighted by atomic mass is 9.87. The Morgan fingerprint density at radius 2 is 1.90 bits per heavy atom. The molecule has 0 bridgehead atoms. The fourth-order valence-electron chi connectivity index (χ4n) is 2.39. The third kappa shape index (κ3) is 6.75. The highest BCUT2D eigenvalue weighted by Crippen LogP contribution is 2.23. The maximum absolute atomic E-state index is 10.1. The zero-order chi connectivity index (χ0) is 15.7. The average molecular weight is 288 g/mol. The highest BCUT2D eigenvalue weighted by Gasteiger charge is 2.17. The maximum Gasteiger partial charge on any atom is 0.0991 e. The molecule has 3 nitrogen and oxygen atoms in total. The number of aliphatic hydroxyl groups excluding tert-OH is 1. The third-order valence-electron chi connectivity index (χ3n) is 3.82. The Bertz CT molecular complexity index is 445. The van der Waals surface area contributed by atoms with Crippen LogP contribution in [0.1, 0.15) is 63.7 Å². The minimum absolute atomic E-state index is 0.263. The molecule has 1 atom stereocenters. The average Bonchev–Trinajstić information content (AvgIpc) is 2.47. The van der Waals surface area contributed by atoms with Crippen LogP contribution >= 0.6 is 0 Å². The van der Waals surface area contributed by atoms with Gasteiger partial charge in [0.25, 0.3) is 0 Å². The second-order valence-corrected chi connectivity index (χ2v) is 6.50. The van der Waals surface area contributed by atoms with Crippen molar-refractivity contribution in [3.8, 4) is 6.07 Å². The Hall–Kier alpha value is -1.37. The molecule has 0 aliphatic rings. The fraction of sp³-hybridized carbons (Fsp3) is 0.611. The van der Waals surface area contributed by atoms with Gasteiger partial charge in [0.2, 0.25) is 0 Å². The molecule has 1 aromatic carbocycles. The van der Waals surface area contributed by atoms with E-state index < -0.39 is 6.10 Å². The van der Waals surface area contributed by atoms with Crippen LogP contribution in [-0.2, 0) is 0 Å². The van der Waals surface area contributed by atoms with E-state index in [1.807, 2.05) is 12.1 Å². The second-order valence-electron chi connectivity index (χ2n) is 6.50. The van der Waals surface area contributed by atoms with E-state index in [0.717, 1.165) is 12.1 Å². The lowest BCUT2D eigenvalue weighted by molar-refractivity contribution is 0.167. The van der Waals surface area contributed by atoms with E-state index in [1.54, 1.807) is 12.1 Å². The van der Waals surface area contributed by atoms with Crippen molar-refractivity contribution in [3.63, 3.8) is 0 Å². The summed E-state index contributed by atoms with van der Waals surface area (Å²) in [5.41, 5.74) is 1.74. The zero-order valence-electron chi connectivity index (χ0n) is 13.5. The lowest BCUT2D eigenvalue weighted by Gasteiger charge is -2.26. The molecule has 1 aromatic rings. The molecule has 0 heterocycles. The van der Waals surface area contributed by atoms with Gasteiger partial charge in [-0.05, 0) is 29.5 Å². The first-order valence-corrected chi connectivity index (χ1v) is 7.87. The molecule has 1 unspecified atom stereocenters. The number of nitrogens with one attached hydrogen (secondary N) is 1. The van der Waals surface area contributed by atoms with Gasteiger partial charge in [-0.1, -0.05) is 52.2 Å². The molecule has 0 aliphatic heterocycles. The first-order chi connectivity index (χ1) is 9.98. The van der Waals surface area contributed by atoms with Crippen LogP contribution in [0.3, 0.4) is 0 Å². The van der Waals surface area contributed by atoms with E-state index in [4.69, 9.17) is 5.26 Å². The van der Waals surface area contributed by atoms with Crippen LogP contribution in [0.5, 0.6) is 0 Å². The Morgan fingerprint density at radius 1 is 1.24 bits per heavy atom. The van der Waals surface area contributed by atoms with Gasteiger partial charge >= 0.3 is 0 Å². The monoisotopic (exact) mass is 288 g/mol. The Labute approximate surface area is 129 Å². The summed E-state index contributed by atoms with van der Waals surface area (Å²) in [5.74, 6) is 0. The maximum atomic E-state index is 10.1. The van der Waals surface area contributed by atoms with Gasteiger partial charge in [-0.3, -0.25) is 0 Å². The highest BCUT2D eigenvalue weighted by atomic mass is 16.3. The van der Waals surface area contributed by atoms with Crippen LogP contribution in [-0.4, -0.2) is 18.2 Å². The molecule has 2 N–H and O–H groups in total. The SMILES string of the molecule is CCCCCC(C)(C)CNCC(O)c1ccc(C#N)cc1. The number of benzene rings is 1. The molecular weight excluding hydrogens is 260 g/mol. The van der Waals surface area contributed by atoms with E-state index in [0.29, 0.717) is 12.1 Å². The van der Waals surface area contributed by atoms with Crippen LogP contribution in [0, 0.1) is 16.7 Å². The largest absolute Gasteiger partial charge is 0.387 e. The van der Waals surface area contributed by atoms with Crippen LogP contribution in [0.25, 0.3) is 0 Å². The molecule has 21 heavy (non-hydrogen) atoms. The van der Waals surface area contributed by atoms with Crippen LogP contribution < -0.4 is 5.32 Å². The minimum atomic E-state index is -0.524. The predicted molar refractivity (Wildman–Crippen MR) is 86.9 cm³/mol. The normalized spacial score (nSPS) is 12.9. The molecular formula is C18H28N2O. The number of rotatable bonds is 9. The van der Waals surface area contributed by atoms with Crippen molar-refractivity contribution in [2.24, 2.45) is 5.41 Å². The van der Waals surface area contributed by atoms with E-state index in [-0.39, 0.29) is 5.41 Å². The number of hydrogen-bond donors (Lipinski definition) is 2. The van der Waals surface area contributed by atoms with Gasteiger partial charge in [-0.15, -0.1) is 0 Å². The van der Waals surface area contributed by atoms with Crippen molar-refractivity contribution < 1.29 is 5.11 Å². The molecule has 0 radical (unpaired) electrons. The number of unbranched alkanes of at least 4 members (excludes halogenated alkanes) is 2. The van der Waals surface area contributed by atoms with Crippen LogP contribution in [0.15, 0.2) is 24.3 Å². The van der Waals surface area contributed by atoms with Gasteiger partial charge in [0.05, 0.1) is 17.7 Å². The highest BCUT2D eigenvalue weighted by molar-refractivity contribution is 5.32. The molecule has 0 aliphatic carbocycles. The number of aliphatic hydroxyl groups is 1. The molecule has 0 aromatic heterocycles. The van der Waals surface area contributed by atoms with Crippen molar-refractivity contribution in [1.82, 2.24) is 5.32 Å². The van der Waals surface area contributed by atoms with Gasteiger partial charge < -0.3 is 10.4 Å². The zero-order valence-corrected chi connectivity index (χ0v) is 13.5. The summed E-state index contributed by atoms with van der Waals surface area (Å²) in [6.45, 7) is 8.21. The standard InChI is InChI=1S/C18H28N2O/c1-4-5-6-11-18(2,3)14-20-13-17(21)16-9-7-15(12-19)8-10-16/h7-10,17,20-21H,4-6,11,13-14H2,1-3H3. The smallest absolute Gasteiger partial charge is 0.0991 e. The molecule has 0 amide bonds. The quantitative estimate of drug-likeness (QED) is 0.680. The molecule has 1 rings (SSSR count). The van der Waals surface area contributed by atoms with Crippen molar-refractivity contribution in [2.75, 3.05) is 13.1 Å². The van der Waals surface area contributed by atoms with Gasteiger partial charge in [0.15, 0.2) is 0 Å². The van der Waals surface area contributed by atoms with E-state index in [2.05, 4.69) is 32.2 Å². The van der Waals surface area contributed by atoms with Crippen LogP contribution in [0.4, 0.5) is 0 Å². The minimum Gasteiger partial charge on any atom is -0.387 e. The lowest BCUT2D eigenvalue weighted by Crippen LogP contribution is -2.32. The fourth-order valence-corrected chi connectivity index (χ4v) is 2.39. The van der Waals surface area contributed by atoms with Gasteiger partial charge in [0.1, 0.15) is 0 Å². The van der Waals surface area contributed by atoms with Gasteiger partial charge in [-0.25, -0.2) is 0 Å². The Morgan fingerprint density at radius 3 is 2.48 bits per heavy atom. The molecule has 3 heteroatoms. The summed E-state index contributed by atoms with van der Waals surface area (Å²) in [7, 11) is 0. The van der Waals surface area contributed by atoms with Crippen molar-refractivity contribution in [3.05, 3.63) is 35.4 Å². The topological polar surface area (TPSA) is 56.0 Å². The van der Waals surface area contributed by atoms with Crippen molar-refractivity contribution in [2.45, 2.75) is 52.6 Å². The summed E-state index contributed by atoms with van der Waals surface area (Å²) in [4.78, 5) is 0. The second kappa shape index (κ2) is 8.81. The first-order valence-electron chi connectivity index (χ1n) is 7.87. The number of nitriles is 1. The summed E-state index contributed by atoms with van der Waals surface area (Å²) in [6.07, 6.45) is 4.49. The summed E-state index contributed by atoms with van der Waals surface area (Å²) < 4.78 is 0. The molecule has 0 saturated carbocycles. The van der Waals surface area contributed by atoms with Crippen molar-refractivity contribution in [1.29, 1.82) is 5.26 Å². The first kappa shape index (κ1) is 17.7. The molecule has 0 saturated heterocycles. The van der Waals surface area contributed by atoms with E-state index >= 15 is 0 Å². The van der Waals surface area contributed by atoms with E-state index in [1.165, 1.54) is 25.7 Å². The van der Waals surface area contributed by atoms with Crippen LogP contribution in [0.2, 0.25) is 0 Å². The third-order valence-corrected chi connectivity index (χ3v) is 3.82. The summed E-state index contributed by atoms with van der Waals surface area (Å²) in [6, 6.07) is 9.20. The van der Waals surface area contributed by atoms with Gasteiger partial charge in [-0.2, -0.15) is 5.26 Å². The number of nitrogens with zero attached hydrogens (tertiary/aromatic N) is 1. The molecule has 116 valence electrons. The predicted octanol–water partition coefficient (Wildman–Crippen LogP) is 3.79. The Balaban J connectivity index is 2.35.